The molecule has 0 spiro atoms. The summed E-state index contributed by atoms with van der Waals surface area (Å²) in [4.78, 5) is 0. The highest BCUT2D eigenvalue weighted by Crippen LogP contribution is 2.14. The summed E-state index contributed by atoms with van der Waals surface area (Å²) in [6, 6.07) is 7.70. The summed E-state index contributed by atoms with van der Waals surface area (Å²) >= 11 is 0. The average Bonchev–Trinajstić information content (AvgIpc) is 2.84. The van der Waals surface area contributed by atoms with Crippen LogP contribution in [0.1, 0.15) is 19.8 Å². The van der Waals surface area contributed by atoms with Gasteiger partial charge >= 0.3 is 0 Å². The van der Waals surface area contributed by atoms with Crippen LogP contribution in [0.3, 0.4) is 0 Å². The number of unbranched alkanes of at least 4 members (excludes halogenated alkanes) is 1. The minimum Gasteiger partial charge on any atom is -0.494 e. The fourth-order valence-electron chi connectivity index (χ4n) is 1.31. The van der Waals surface area contributed by atoms with E-state index in [0.717, 1.165) is 30.9 Å². The molecule has 0 radical (unpaired) electrons. The van der Waals surface area contributed by atoms with Crippen molar-refractivity contribution in [1.29, 1.82) is 0 Å². The van der Waals surface area contributed by atoms with Crippen molar-refractivity contribution < 1.29 is 4.74 Å². The van der Waals surface area contributed by atoms with Gasteiger partial charge in [0.15, 0.2) is 0 Å². The highest BCUT2D eigenvalue weighted by Gasteiger charge is 1.98. The number of halogens is 1. The maximum Gasteiger partial charge on any atom is 0.143 e. The standard InChI is InChI=1S/C11H14N4O.ClH/c1-2-3-8-16-11-6-4-10(5-7-11)15-9-12-13-14-15;/h4-7,9H,2-3,8H2,1H3;1H. The van der Waals surface area contributed by atoms with E-state index in [9.17, 15) is 0 Å². The van der Waals surface area contributed by atoms with Crippen molar-refractivity contribution >= 4 is 12.4 Å². The zero-order valence-electron chi connectivity index (χ0n) is 9.61. The highest BCUT2D eigenvalue weighted by atomic mass is 35.5. The van der Waals surface area contributed by atoms with Gasteiger partial charge in [0, 0.05) is 0 Å². The lowest BCUT2D eigenvalue weighted by Crippen LogP contribution is -1.98. The molecule has 0 bridgehead atoms. The van der Waals surface area contributed by atoms with Crippen LogP contribution in [0.25, 0.3) is 5.69 Å². The third kappa shape index (κ3) is 3.71. The summed E-state index contributed by atoms with van der Waals surface area (Å²) in [7, 11) is 0. The Morgan fingerprint density at radius 1 is 1.24 bits per heavy atom. The van der Waals surface area contributed by atoms with Gasteiger partial charge in [0.05, 0.1) is 12.3 Å². The first-order chi connectivity index (χ1) is 7.90. The molecule has 6 heteroatoms. The number of ether oxygens (including phenoxy) is 1. The van der Waals surface area contributed by atoms with Crippen molar-refractivity contribution in [2.75, 3.05) is 6.61 Å². The Bertz CT molecular complexity index is 416. The molecule has 0 saturated heterocycles. The van der Waals surface area contributed by atoms with E-state index in [0.29, 0.717) is 0 Å². The molecule has 5 nitrogen and oxygen atoms in total. The SMILES string of the molecule is CCCCOc1ccc(-n2cnnn2)cc1.Cl. The van der Waals surface area contributed by atoms with E-state index >= 15 is 0 Å². The first-order valence-electron chi connectivity index (χ1n) is 5.36. The maximum atomic E-state index is 5.56. The summed E-state index contributed by atoms with van der Waals surface area (Å²) in [5, 5.41) is 11.0. The van der Waals surface area contributed by atoms with Gasteiger partial charge in [0.2, 0.25) is 0 Å². The molecule has 0 aliphatic carbocycles. The number of hydrogen-bond donors (Lipinski definition) is 0. The Hall–Kier alpha value is -1.62. The van der Waals surface area contributed by atoms with E-state index in [2.05, 4.69) is 22.4 Å². The number of hydrogen-bond acceptors (Lipinski definition) is 4. The molecular weight excluding hydrogens is 240 g/mol. The first kappa shape index (κ1) is 13.4. The van der Waals surface area contributed by atoms with Gasteiger partial charge in [-0.15, -0.1) is 17.5 Å². The van der Waals surface area contributed by atoms with E-state index in [1.165, 1.54) is 0 Å². The lowest BCUT2D eigenvalue weighted by Gasteiger charge is -2.05. The maximum absolute atomic E-state index is 5.56. The molecule has 1 heterocycles. The normalized spacial score (nSPS) is 9.71. The van der Waals surface area contributed by atoms with Gasteiger partial charge in [0.25, 0.3) is 0 Å². The van der Waals surface area contributed by atoms with Crippen LogP contribution < -0.4 is 4.74 Å². The third-order valence-corrected chi connectivity index (χ3v) is 2.22. The smallest absolute Gasteiger partial charge is 0.143 e. The molecule has 17 heavy (non-hydrogen) atoms. The number of benzene rings is 1. The van der Waals surface area contributed by atoms with Gasteiger partial charge < -0.3 is 4.74 Å². The molecule has 0 fully saturated rings. The van der Waals surface area contributed by atoms with Gasteiger partial charge in [-0.3, -0.25) is 0 Å². The molecule has 0 unspecified atom stereocenters. The van der Waals surface area contributed by atoms with Crippen molar-refractivity contribution in [2.24, 2.45) is 0 Å². The Balaban J connectivity index is 0.00000144. The van der Waals surface area contributed by atoms with Crippen molar-refractivity contribution in [3.05, 3.63) is 30.6 Å². The van der Waals surface area contributed by atoms with Crippen molar-refractivity contribution in [3.63, 3.8) is 0 Å². The van der Waals surface area contributed by atoms with E-state index in [4.69, 9.17) is 4.74 Å². The first-order valence-corrected chi connectivity index (χ1v) is 5.36. The molecule has 0 amide bonds. The van der Waals surface area contributed by atoms with Gasteiger partial charge in [-0.2, -0.15) is 0 Å². The Kier molecular flexibility index (Phi) is 5.42. The summed E-state index contributed by atoms with van der Waals surface area (Å²) in [5.74, 6) is 0.880. The Labute approximate surface area is 106 Å². The molecule has 1 aromatic carbocycles. The van der Waals surface area contributed by atoms with E-state index < -0.39 is 0 Å². The molecule has 0 aliphatic heterocycles. The molecule has 0 N–H and O–H groups in total. The summed E-state index contributed by atoms with van der Waals surface area (Å²) in [6.07, 6.45) is 3.78. The third-order valence-electron chi connectivity index (χ3n) is 2.22. The fraction of sp³-hybridized carbons (Fsp3) is 0.364. The summed E-state index contributed by atoms with van der Waals surface area (Å²) in [6.45, 7) is 2.91. The number of aromatic nitrogens is 4. The molecule has 1 aromatic heterocycles. The fourth-order valence-corrected chi connectivity index (χ4v) is 1.31. The molecule has 92 valence electrons. The molecule has 0 saturated carbocycles. The molecule has 0 atom stereocenters. The quantitative estimate of drug-likeness (QED) is 0.768. The lowest BCUT2D eigenvalue weighted by atomic mass is 10.3. The second-order valence-electron chi connectivity index (χ2n) is 3.45. The molecular formula is C11H15ClN4O. The monoisotopic (exact) mass is 254 g/mol. The van der Waals surface area contributed by atoms with E-state index in [-0.39, 0.29) is 12.4 Å². The van der Waals surface area contributed by atoms with Crippen LogP contribution in [-0.4, -0.2) is 26.8 Å². The number of nitrogens with zero attached hydrogens (tertiary/aromatic N) is 4. The predicted molar refractivity (Wildman–Crippen MR) is 66.8 cm³/mol. The van der Waals surface area contributed by atoms with Crippen LogP contribution in [0, 0.1) is 0 Å². The van der Waals surface area contributed by atoms with Crippen LogP contribution in [0.2, 0.25) is 0 Å². The van der Waals surface area contributed by atoms with Crippen LogP contribution >= 0.6 is 12.4 Å². The zero-order valence-corrected chi connectivity index (χ0v) is 10.4. The summed E-state index contributed by atoms with van der Waals surface area (Å²) < 4.78 is 7.16. The minimum atomic E-state index is 0. The molecule has 2 rings (SSSR count). The Morgan fingerprint density at radius 2 is 2.00 bits per heavy atom. The second kappa shape index (κ2) is 6.85. The average molecular weight is 255 g/mol. The number of tetrazole rings is 1. The summed E-state index contributed by atoms with van der Waals surface area (Å²) in [5.41, 5.74) is 0.924. The lowest BCUT2D eigenvalue weighted by molar-refractivity contribution is 0.309. The van der Waals surface area contributed by atoms with Crippen molar-refractivity contribution in [3.8, 4) is 11.4 Å². The largest absolute Gasteiger partial charge is 0.494 e. The van der Waals surface area contributed by atoms with Gasteiger partial charge in [-0.05, 0) is 41.1 Å². The zero-order chi connectivity index (χ0) is 11.2. The van der Waals surface area contributed by atoms with E-state index in [1.54, 1.807) is 11.0 Å². The van der Waals surface area contributed by atoms with Crippen molar-refractivity contribution in [1.82, 2.24) is 20.2 Å². The minimum absolute atomic E-state index is 0. The molecule has 2 aromatic rings. The van der Waals surface area contributed by atoms with Crippen molar-refractivity contribution in [2.45, 2.75) is 19.8 Å². The highest BCUT2D eigenvalue weighted by molar-refractivity contribution is 5.85. The van der Waals surface area contributed by atoms with E-state index in [1.807, 2.05) is 24.3 Å². The number of rotatable bonds is 5. The van der Waals surface area contributed by atoms with Crippen LogP contribution in [0.4, 0.5) is 0 Å². The topological polar surface area (TPSA) is 52.8 Å². The second-order valence-corrected chi connectivity index (χ2v) is 3.45. The predicted octanol–water partition coefficient (Wildman–Crippen LogP) is 2.26. The van der Waals surface area contributed by atoms with Gasteiger partial charge in [-0.1, -0.05) is 13.3 Å². The Morgan fingerprint density at radius 3 is 2.59 bits per heavy atom. The molecule has 0 aliphatic rings. The van der Waals surface area contributed by atoms with Gasteiger partial charge in [-0.25, -0.2) is 4.68 Å². The van der Waals surface area contributed by atoms with Gasteiger partial charge in [0.1, 0.15) is 12.1 Å². The van der Waals surface area contributed by atoms with Crippen LogP contribution in [0.5, 0.6) is 5.75 Å². The van der Waals surface area contributed by atoms with Crippen LogP contribution in [-0.2, 0) is 0 Å². The van der Waals surface area contributed by atoms with Crippen LogP contribution in [0.15, 0.2) is 30.6 Å².